The van der Waals surface area contributed by atoms with Crippen LogP contribution in [0.5, 0.6) is 0 Å². The molecular weight excluding hydrogens is 366 g/mol. The van der Waals surface area contributed by atoms with E-state index in [0.29, 0.717) is 17.9 Å². The van der Waals surface area contributed by atoms with Crippen LogP contribution in [0.1, 0.15) is 50.5 Å². The Morgan fingerprint density at radius 3 is 2.44 bits per heavy atom. The first-order valence-corrected chi connectivity index (χ1v) is 10.1. The van der Waals surface area contributed by atoms with Crippen molar-refractivity contribution < 1.29 is 19.1 Å². The van der Waals surface area contributed by atoms with Crippen LogP contribution < -0.4 is 4.90 Å². The molecular formula is C21H28ClNO4. The van der Waals surface area contributed by atoms with Gasteiger partial charge in [0.1, 0.15) is 0 Å². The molecule has 6 heteroatoms. The molecule has 1 unspecified atom stereocenters. The Kier molecular flexibility index (Phi) is 6.30. The molecule has 2 aliphatic heterocycles. The minimum Gasteiger partial charge on any atom is -0.468 e. The maximum absolute atomic E-state index is 13.0. The molecule has 148 valence electrons. The van der Waals surface area contributed by atoms with Gasteiger partial charge in [0.15, 0.2) is 5.41 Å². The fourth-order valence-electron chi connectivity index (χ4n) is 4.70. The summed E-state index contributed by atoms with van der Waals surface area (Å²) in [5.74, 6) is -0.995. The molecule has 1 aromatic carbocycles. The highest BCUT2D eigenvalue weighted by Crippen LogP contribution is 2.45. The molecule has 1 fully saturated rings. The number of ether oxygens (including phenoxy) is 2. The normalized spacial score (nSPS) is 22.2. The Hall–Kier alpha value is -1.75. The Labute approximate surface area is 166 Å². The highest BCUT2D eigenvalue weighted by atomic mass is 35.5. The Bertz CT molecular complexity index is 689. The third kappa shape index (κ3) is 3.66. The number of carbonyl (C=O) groups excluding carboxylic acids is 2. The van der Waals surface area contributed by atoms with Crippen molar-refractivity contribution in [3.63, 3.8) is 0 Å². The first-order chi connectivity index (χ1) is 13.0. The summed E-state index contributed by atoms with van der Waals surface area (Å²) in [4.78, 5) is 28.3. The first kappa shape index (κ1) is 20.0. The number of hydrogen-bond acceptors (Lipinski definition) is 5. The van der Waals surface area contributed by atoms with E-state index in [2.05, 4.69) is 4.90 Å². The summed E-state index contributed by atoms with van der Waals surface area (Å²) in [5, 5.41) is 0.663. The van der Waals surface area contributed by atoms with Crippen LogP contribution >= 0.6 is 11.6 Å². The van der Waals surface area contributed by atoms with Crippen LogP contribution in [0, 0.1) is 5.41 Å². The maximum Gasteiger partial charge on any atom is 0.325 e. The molecule has 0 N–H and O–H groups in total. The zero-order valence-corrected chi connectivity index (χ0v) is 16.9. The first-order valence-electron chi connectivity index (χ1n) is 9.76. The van der Waals surface area contributed by atoms with Crippen molar-refractivity contribution in [3.8, 4) is 0 Å². The molecule has 0 saturated carbocycles. The summed E-state index contributed by atoms with van der Waals surface area (Å²) >= 11 is 6.31. The summed E-state index contributed by atoms with van der Waals surface area (Å²) in [7, 11) is 2.70. The van der Waals surface area contributed by atoms with Crippen LogP contribution in [0.2, 0.25) is 5.02 Å². The third-order valence-electron chi connectivity index (χ3n) is 6.07. The number of esters is 2. The molecule has 2 heterocycles. The number of fused-ring (bicyclic) bond motifs is 3. The number of halogens is 1. The van der Waals surface area contributed by atoms with Gasteiger partial charge < -0.3 is 14.4 Å². The molecule has 0 bridgehead atoms. The minimum atomic E-state index is -1.32. The van der Waals surface area contributed by atoms with E-state index in [1.807, 2.05) is 18.2 Å². The molecule has 0 aliphatic carbocycles. The Balaban J connectivity index is 2.18. The van der Waals surface area contributed by atoms with E-state index in [1.54, 1.807) is 0 Å². The van der Waals surface area contributed by atoms with E-state index in [0.717, 1.165) is 49.9 Å². The van der Waals surface area contributed by atoms with Gasteiger partial charge in [0, 0.05) is 17.3 Å². The topological polar surface area (TPSA) is 55.8 Å². The van der Waals surface area contributed by atoms with E-state index < -0.39 is 17.4 Å². The minimum absolute atomic E-state index is 0.296. The summed E-state index contributed by atoms with van der Waals surface area (Å²) in [6.45, 7) is 0.785. The monoisotopic (exact) mass is 393 g/mol. The molecule has 0 spiro atoms. The molecule has 1 atom stereocenters. The predicted molar refractivity (Wildman–Crippen MR) is 105 cm³/mol. The van der Waals surface area contributed by atoms with Gasteiger partial charge in [-0.25, -0.2) is 0 Å². The van der Waals surface area contributed by atoms with E-state index in [4.69, 9.17) is 21.1 Å². The van der Waals surface area contributed by atoms with Crippen molar-refractivity contribution in [2.75, 3.05) is 25.7 Å². The lowest BCUT2D eigenvalue weighted by Crippen LogP contribution is -2.57. The van der Waals surface area contributed by atoms with Crippen LogP contribution in [-0.4, -0.2) is 38.7 Å². The van der Waals surface area contributed by atoms with Gasteiger partial charge in [-0.2, -0.15) is 0 Å². The molecule has 3 rings (SSSR count). The van der Waals surface area contributed by atoms with Gasteiger partial charge in [0.25, 0.3) is 0 Å². The number of rotatable bonds is 2. The van der Waals surface area contributed by atoms with Gasteiger partial charge in [0.05, 0.1) is 20.3 Å². The van der Waals surface area contributed by atoms with Gasteiger partial charge >= 0.3 is 11.9 Å². The molecule has 5 nitrogen and oxygen atoms in total. The van der Waals surface area contributed by atoms with Crippen molar-refractivity contribution in [3.05, 3.63) is 28.8 Å². The number of methoxy groups -OCH3 is 2. The standard InChI is InChI=1S/C21H28ClNO4/c1-26-19(24)21(20(25)27-2)12-11-15-9-10-16(22)14-17(15)23-13-7-5-3-4-6-8-18(21)23/h9-10,14,18H,3-8,11-13H2,1-2H3. The zero-order valence-electron chi connectivity index (χ0n) is 16.1. The van der Waals surface area contributed by atoms with Crippen molar-refractivity contribution >= 4 is 29.2 Å². The Morgan fingerprint density at radius 2 is 1.74 bits per heavy atom. The van der Waals surface area contributed by atoms with E-state index in [-0.39, 0.29) is 6.04 Å². The highest BCUT2D eigenvalue weighted by molar-refractivity contribution is 6.30. The number of carbonyl (C=O) groups is 2. The second-order valence-electron chi connectivity index (χ2n) is 7.49. The molecule has 0 amide bonds. The molecule has 1 aromatic rings. The molecule has 2 aliphatic rings. The van der Waals surface area contributed by atoms with Gasteiger partial charge in [-0.05, 0) is 43.4 Å². The third-order valence-corrected chi connectivity index (χ3v) is 6.30. The average molecular weight is 394 g/mol. The van der Waals surface area contributed by atoms with Gasteiger partial charge in [-0.1, -0.05) is 43.4 Å². The van der Waals surface area contributed by atoms with Gasteiger partial charge in [-0.15, -0.1) is 0 Å². The molecule has 0 radical (unpaired) electrons. The SMILES string of the molecule is COC(=O)C1(C(=O)OC)CCc2ccc(Cl)cc2N2CCCCCCCC21. The average Bonchev–Trinajstić information content (AvgIpc) is 2.74. The van der Waals surface area contributed by atoms with Crippen molar-refractivity contribution in [2.24, 2.45) is 5.41 Å². The smallest absolute Gasteiger partial charge is 0.325 e. The van der Waals surface area contributed by atoms with Crippen molar-refractivity contribution in [2.45, 2.75) is 57.4 Å². The second kappa shape index (κ2) is 8.51. The number of hydrogen-bond donors (Lipinski definition) is 0. The highest BCUT2D eigenvalue weighted by Gasteiger charge is 2.57. The number of aryl methyl sites for hydroxylation is 1. The summed E-state index contributed by atoms with van der Waals surface area (Å²) in [5.41, 5.74) is 0.821. The molecule has 1 saturated heterocycles. The van der Waals surface area contributed by atoms with E-state index >= 15 is 0 Å². The fourth-order valence-corrected chi connectivity index (χ4v) is 4.87. The van der Waals surface area contributed by atoms with Crippen LogP contribution in [0.3, 0.4) is 0 Å². The van der Waals surface area contributed by atoms with Crippen LogP contribution in [0.15, 0.2) is 18.2 Å². The molecule has 0 aromatic heterocycles. The summed E-state index contributed by atoms with van der Waals surface area (Å²) in [6, 6.07) is 5.54. The van der Waals surface area contributed by atoms with E-state index in [9.17, 15) is 9.59 Å². The maximum atomic E-state index is 13.0. The largest absolute Gasteiger partial charge is 0.468 e. The fraction of sp³-hybridized carbons (Fsp3) is 0.619. The van der Waals surface area contributed by atoms with E-state index in [1.165, 1.54) is 20.6 Å². The molecule has 27 heavy (non-hydrogen) atoms. The van der Waals surface area contributed by atoms with Gasteiger partial charge in [0.2, 0.25) is 0 Å². The van der Waals surface area contributed by atoms with Crippen molar-refractivity contribution in [1.82, 2.24) is 0 Å². The van der Waals surface area contributed by atoms with Crippen molar-refractivity contribution in [1.29, 1.82) is 0 Å². The van der Waals surface area contributed by atoms with Gasteiger partial charge in [-0.3, -0.25) is 9.59 Å². The lowest BCUT2D eigenvalue weighted by atomic mass is 9.73. The Morgan fingerprint density at radius 1 is 1.07 bits per heavy atom. The lowest BCUT2D eigenvalue weighted by molar-refractivity contribution is -0.171. The summed E-state index contributed by atoms with van der Waals surface area (Å²) < 4.78 is 10.3. The lowest BCUT2D eigenvalue weighted by Gasteiger charge is -2.42. The quantitative estimate of drug-likeness (QED) is 0.558. The summed E-state index contributed by atoms with van der Waals surface area (Å²) in [6.07, 6.45) is 7.12. The van der Waals surface area contributed by atoms with Crippen LogP contribution in [0.4, 0.5) is 5.69 Å². The predicted octanol–water partition coefficient (Wildman–Crippen LogP) is 4.15. The number of nitrogens with zero attached hydrogens (tertiary/aromatic N) is 1. The van der Waals surface area contributed by atoms with Crippen LogP contribution in [-0.2, 0) is 25.5 Å². The zero-order chi connectivity index (χ0) is 19.4. The van der Waals surface area contributed by atoms with Crippen LogP contribution in [0.25, 0.3) is 0 Å². The number of anilines is 1. The number of benzene rings is 1. The second-order valence-corrected chi connectivity index (χ2v) is 7.93.